The molecule has 0 fully saturated rings. The van der Waals surface area contributed by atoms with Gasteiger partial charge in [-0.1, -0.05) is 0 Å². The molecule has 0 aliphatic carbocycles. The molecule has 2 rings (SSSR count). The Labute approximate surface area is 86.6 Å². The summed E-state index contributed by atoms with van der Waals surface area (Å²) in [5.41, 5.74) is 1.97. The van der Waals surface area contributed by atoms with Crippen LogP contribution in [0.3, 0.4) is 0 Å². The average Bonchev–Trinajstić information content (AvgIpc) is 2.63. The van der Waals surface area contributed by atoms with E-state index in [4.69, 9.17) is 0 Å². The lowest BCUT2D eigenvalue weighted by Gasteiger charge is -2.04. The predicted molar refractivity (Wildman–Crippen MR) is 54.8 cm³/mol. The number of hydrogen-bond donors (Lipinski definition) is 2. The molecule has 2 heterocycles. The molecule has 2 aromatic rings. The fourth-order valence-electron chi connectivity index (χ4n) is 1.25. The van der Waals surface area contributed by atoms with Gasteiger partial charge in [0.25, 0.3) is 0 Å². The Morgan fingerprint density at radius 1 is 1.53 bits per heavy atom. The zero-order valence-corrected chi connectivity index (χ0v) is 8.29. The van der Waals surface area contributed by atoms with Crippen LogP contribution in [0.2, 0.25) is 0 Å². The summed E-state index contributed by atoms with van der Waals surface area (Å²) in [6.07, 6.45) is 3.26. The minimum absolute atomic E-state index is 0.262. The van der Waals surface area contributed by atoms with Crippen LogP contribution in [0.5, 0.6) is 0 Å². The first-order valence-corrected chi connectivity index (χ1v) is 4.60. The first-order chi connectivity index (χ1) is 7.27. The molecule has 0 aliphatic rings. The van der Waals surface area contributed by atoms with Crippen molar-refractivity contribution in [3.8, 4) is 0 Å². The van der Waals surface area contributed by atoms with Crippen molar-refractivity contribution in [1.29, 1.82) is 0 Å². The Morgan fingerprint density at radius 2 is 2.40 bits per heavy atom. The van der Waals surface area contributed by atoms with Gasteiger partial charge in [0.1, 0.15) is 0 Å². The van der Waals surface area contributed by atoms with Gasteiger partial charge in [-0.15, -0.1) is 0 Å². The second-order valence-electron chi connectivity index (χ2n) is 3.21. The van der Waals surface area contributed by atoms with Crippen LogP contribution in [-0.2, 0) is 6.54 Å². The Hall–Kier alpha value is -1.91. The summed E-state index contributed by atoms with van der Waals surface area (Å²) in [5, 5.41) is 9.60. The highest BCUT2D eigenvalue weighted by molar-refractivity contribution is 5.36. The van der Waals surface area contributed by atoms with Crippen molar-refractivity contribution < 1.29 is 4.39 Å². The van der Waals surface area contributed by atoms with E-state index in [1.807, 2.05) is 6.92 Å². The number of nitrogens with zero attached hydrogens (tertiary/aromatic N) is 2. The Kier molecular flexibility index (Phi) is 2.62. The number of nitrogens with one attached hydrogen (secondary N) is 2. The first kappa shape index (κ1) is 9.64. The minimum atomic E-state index is -0.348. The van der Waals surface area contributed by atoms with Crippen LogP contribution in [0.15, 0.2) is 24.5 Å². The van der Waals surface area contributed by atoms with Crippen molar-refractivity contribution in [2.75, 3.05) is 5.32 Å². The van der Waals surface area contributed by atoms with Gasteiger partial charge in [0.15, 0.2) is 11.6 Å². The van der Waals surface area contributed by atoms with Gasteiger partial charge in [0.05, 0.1) is 6.20 Å². The molecule has 0 unspecified atom stereocenters. The van der Waals surface area contributed by atoms with E-state index < -0.39 is 0 Å². The van der Waals surface area contributed by atoms with Crippen LogP contribution in [0.25, 0.3) is 0 Å². The predicted octanol–water partition coefficient (Wildman–Crippen LogP) is 1.86. The second-order valence-corrected chi connectivity index (χ2v) is 3.21. The molecular formula is C10H11FN4. The van der Waals surface area contributed by atoms with Crippen molar-refractivity contribution in [2.45, 2.75) is 13.5 Å². The smallest absolute Gasteiger partial charge is 0.165 e. The molecule has 78 valence electrons. The number of aromatic nitrogens is 3. The van der Waals surface area contributed by atoms with Gasteiger partial charge in [-0.3, -0.25) is 5.10 Å². The number of H-pyrrole nitrogens is 1. The lowest BCUT2D eigenvalue weighted by atomic mass is 10.2. The average molecular weight is 206 g/mol. The molecule has 0 saturated heterocycles. The topological polar surface area (TPSA) is 53.6 Å². The molecule has 15 heavy (non-hydrogen) atoms. The highest BCUT2D eigenvalue weighted by Gasteiger charge is 2.03. The van der Waals surface area contributed by atoms with E-state index in [-0.39, 0.29) is 11.6 Å². The normalized spacial score (nSPS) is 10.3. The van der Waals surface area contributed by atoms with Crippen molar-refractivity contribution in [1.82, 2.24) is 15.2 Å². The number of aromatic amines is 1. The van der Waals surface area contributed by atoms with Crippen LogP contribution in [0.4, 0.5) is 10.2 Å². The molecule has 0 saturated carbocycles. The van der Waals surface area contributed by atoms with Crippen LogP contribution >= 0.6 is 0 Å². The molecule has 0 spiro atoms. The van der Waals surface area contributed by atoms with Crippen LogP contribution in [0, 0.1) is 12.7 Å². The molecule has 2 aromatic heterocycles. The fraction of sp³-hybridized carbons (Fsp3) is 0.200. The summed E-state index contributed by atoms with van der Waals surface area (Å²) in [6, 6.07) is 2.93. The summed E-state index contributed by atoms with van der Waals surface area (Å²) in [4.78, 5) is 3.89. The van der Waals surface area contributed by atoms with Crippen LogP contribution in [0.1, 0.15) is 11.3 Å². The van der Waals surface area contributed by atoms with E-state index >= 15 is 0 Å². The van der Waals surface area contributed by atoms with Gasteiger partial charge < -0.3 is 5.32 Å². The zero-order valence-electron chi connectivity index (χ0n) is 8.29. The third-order valence-corrected chi connectivity index (χ3v) is 2.14. The summed E-state index contributed by atoms with van der Waals surface area (Å²) in [6.45, 7) is 2.43. The third kappa shape index (κ3) is 2.12. The van der Waals surface area contributed by atoms with Gasteiger partial charge >= 0.3 is 0 Å². The molecule has 0 aliphatic heterocycles. The van der Waals surface area contributed by atoms with Crippen LogP contribution in [-0.4, -0.2) is 15.2 Å². The van der Waals surface area contributed by atoms with Crippen molar-refractivity contribution >= 4 is 5.82 Å². The second kappa shape index (κ2) is 4.08. The lowest BCUT2D eigenvalue weighted by molar-refractivity contribution is 0.624. The van der Waals surface area contributed by atoms with Gasteiger partial charge in [-0.05, 0) is 19.1 Å². The third-order valence-electron chi connectivity index (χ3n) is 2.14. The molecule has 0 amide bonds. The number of anilines is 1. The quantitative estimate of drug-likeness (QED) is 0.806. The van der Waals surface area contributed by atoms with Gasteiger partial charge in [0, 0.05) is 24.0 Å². The maximum Gasteiger partial charge on any atom is 0.165 e. The molecule has 0 atom stereocenters. The number of pyridine rings is 1. The maximum atomic E-state index is 13.2. The highest BCUT2D eigenvalue weighted by atomic mass is 19.1. The highest BCUT2D eigenvalue weighted by Crippen LogP contribution is 2.11. The molecular weight excluding hydrogens is 195 g/mol. The summed E-state index contributed by atoms with van der Waals surface area (Å²) in [5.74, 6) is -0.0863. The first-order valence-electron chi connectivity index (χ1n) is 4.60. The van der Waals surface area contributed by atoms with E-state index in [0.29, 0.717) is 6.54 Å². The van der Waals surface area contributed by atoms with Crippen molar-refractivity contribution in [3.63, 3.8) is 0 Å². The number of halogens is 1. The van der Waals surface area contributed by atoms with Gasteiger partial charge in [-0.25, -0.2) is 9.37 Å². The Morgan fingerprint density at radius 3 is 3.07 bits per heavy atom. The summed E-state index contributed by atoms with van der Waals surface area (Å²) >= 11 is 0. The molecule has 0 aromatic carbocycles. The van der Waals surface area contributed by atoms with E-state index in [9.17, 15) is 4.39 Å². The molecule has 4 nitrogen and oxygen atoms in total. The van der Waals surface area contributed by atoms with Gasteiger partial charge in [0.2, 0.25) is 0 Å². The Bertz CT molecular complexity index is 452. The fourth-order valence-corrected chi connectivity index (χ4v) is 1.25. The molecule has 0 bridgehead atoms. The van der Waals surface area contributed by atoms with E-state index in [1.165, 1.54) is 6.07 Å². The standard InChI is InChI=1S/C10H11FN4/c1-7-8(6-14-15-7)5-13-10-9(11)3-2-4-12-10/h2-4,6H,5H2,1H3,(H,12,13)(H,14,15). The molecule has 0 radical (unpaired) electrons. The summed E-state index contributed by atoms with van der Waals surface area (Å²) < 4.78 is 13.2. The number of hydrogen-bond acceptors (Lipinski definition) is 3. The number of aryl methyl sites for hydroxylation is 1. The molecule has 5 heteroatoms. The largest absolute Gasteiger partial charge is 0.363 e. The minimum Gasteiger partial charge on any atom is -0.363 e. The summed E-state index contributed by atoms with van der Waals surface area (Å²) in [7, 11) is 0. The number of rotatable bonds is 3. The van der Waals surface area contributed by atoms with E-state index in [0.717, 1.165) is 11.3 Å². The lowest BCUT2D eigenvalue weighted by Crippen LogP contribution is -2.03. The van der Waals surface area contributed by atoms with Crippen LogP contribution < -0.4 is 5.32 Å². The zero-order chi connectivity index (χ0) is 10.7. The van der Waals surface area contributed by atoms with E-state index in [1.54, 1.807) is 18.5 Å². The van der Waals surface area contributed by atoms with Gasteiger partial charge in [-0.2, -0.15) is 5.10 Å². The monoisotopic (exact) mass is 206 g/mol. The molecule has 2 N–H and O–H groups in total. The Balaban J connectivity index is 2.06. The SMILES string of the molecule is Cc1[nH]ncc1CNc1ncccc1F. The van der Waals surface area contributed by atoms with Crippen molar-refractivity contribution in [3.05, 3.63) is 41.6 Å². The van der Waals surface area contributed by atoms with Crippen molar-refractivity contribution in [2.24, 2.45) is 0 Å². The maximum absolute atomic E-state index is 13.2. The van der Waals surface area contributed by atoms with E-state index in [2.05, 4.69) is 20.5 Å².